The van der Waals surface area contributed by atoms with E-state index in [4.69, 9.17) is 9.15 Å². The first-order valence-electron chi connectivity index (χ1n) is 5.18. The highest BCUT2D eigenvalue weighted by atomic mass is 16.5. The zero-order valence-electron chi connectivity index (χ0n) is 9.35. The molecule has 86 valence electrons. The van der Waals surface area contributed by atoms with Crippen molar-refractivity contribution < 1.29 is 14.3 Å². The molecule has 1 aromatic heterocycles. The second kappa shape index (κ2) is 6.61. The van der Waals surface area contributed by atoms with Crippen molar-refractivity contribution in [1.82, 2.24) is 4.90 Å². The second-order valence-electron chi connectivity index (χ2n) is 3.52. The Morgan fingerprint density at radius 1 is 1.60 bits per heavy atom. The molecular weight excluding hydrogens is 194 g/mol. The number of furan rings is 1. The van der Waals surface area contributed by atoms with Gasteiger partial charge in [0.05, 0.1) is 25.5 Å². The van der Waals surface area contributed by atoms with E-state index in [0.29, 0.717) is 13.2 Å². The predicted molar refractivity (Wildman–Crippen MR) is 57.5 cm³/mol. The van der Waals surface area contributed by atoms with Crippen molar-refractivity contribution in [3.63, 3.8) is 0 Å². The Morgan fingerprint density at radius 3 is 2.93 bits per heavy atom. The summed E-state index contributed by atoms with van der Waals surface area (Å²) < 4.78 is 10.1. The van der Waals surface area contributed by atoms with E-state index in [9.17, 15) is 5.11 Å². The van der Waals surface area contributed by atoms with Gasteiger partial charge in [0.25, 0.3) is 0 Å². The van der Waals surface area contributed by atoms with E-state index < -0.39 is 6.10 Å². The molecule has 4 nitrogen and oxygen atoms in total. The number of nitrogens with zero attached hydrogens (tertiary/aromatic N) is 1. The van der Waals surface area contributed by atoms with Crippen molar-refractivity contribution in [2.24, 2.45) is 0 Å². The summed E-state index contributed by atoms with van der Waals surface area (Å²) in [5.41, 5.74) is 0. The Bertz CT molecular complexity index is 248. The summed E-state index contributed by atoms with van der Waals surface area (Å²) in [6.07, 6.45) is 1.22. The normalized spacial score (nSPS) is 13.3. The molecule has 0 bridgehead atoms. The maximum atomic E-state index is 9.58. The third-order valence-electron chi connectivity index (χ3n) is 2.23. The van der Waals surface area contributed by atoms with Crippen molar-refractivity contribution in [2.45, 2.75) is 19.6 Å². The van der Waals surface area contributed by atoms with Crippen molar-refractivity contribution in [3.8, 4) is 0 Å². The number of ether oxygens (including phenoxy) is 1. The van der Waals surface area contributed by atoms with Crippen LogP contribution < -0.4 is 0 Å². The summed E-state index contributed by atoms with van der Waals surface area (Å²) >= 11 is 0. The van der Waals surface area contributed by atoms with Crippen LogP contribution in [-0.2, 0) is 11.3 Å². The zero-order chi connectivity index (χ0) is 11.1. The van der Waals surface area contributed by atoms with Gasteiger partial charge < -0.3 is 14.3 Å². The van der Waals surface area contributed by atoms with Crippen LogP contribution in [0.5, 0.6) is 0 Å². The molecule has 0 radical (unpaired) electrons. The van der Waals surface area contributed by atoms with E-state index in [1.807, 2.05) is 12.1 Å². The highest BCUT2D eigenvalue weighted by Crippen LogP contribution is 2.05. The molecule has 1 aromatic rings. The smallest absolute Gasteiger partial charge is 0.117 e. The van der Waals surface area contributed by atoms with Crippen molar-refractivity contribution in [1.29, 1.82) is 0 Å². The fourth-order valence-electron chi connectivity index (χ4n) is 1.47. The fourth-order valence-corrected chi connectivity index (χ4v) is 1.47. The highest BCUT2D eigenvalue weighted by molar-refractivity contribution is 4.97. The van der Waals surface area contributed by atoms with Gasteiger partial charge in [-0.3, -0.25) is 4.90 Å². The van der Waals surface area contributed by atoms with Gasteiger partial charge in [-0.15, -0.1) is 0 Å². The third kappa shape index (κ3) is 4.46. The fraction of sp³-hybridized carbons (Fsp3) is 0.636. The second-order valence-corrected chi connectivity index (χ2v) is 3.52. The summed E-state index contributed by atoms with van der Waals surface area (Å²) in [7, 11) is 1.59. The Hall–Kier alpha value is -0.840. The van der Waals surface area contributed by atoms with Gasteiger partial charge in [-0.2, -0.15) is 0 Å². The molecule has 0 fully saturated rings. The van der Waals surface area contributed by atoms with Crippen molar-refractivity contribution in [3.05, 3.63) is 24.2 Å². The number of aliphatic hydroxyl groups excluding tert-OH is 1. The van der Waals surface area contributed by atoms with Gasteiger partial charge in [0, 0.05) is 13.7 Å². The first-order valence-corrected chi connectivity index (χ1v) is 5.18. The minimum absolute atomic E-state index is 0.370. The number of rotatable bonds is 7. The van der Waals surface area contributed by atoms with Gasteiger partial charge in [0.2, 0.25) is 0 Å². The van der Waals surface area contributed by atoms with E-state index in [1.54, 1.807) is 13.4 Å². The maximum Gasteiger partial charge on any atom is 0.117 e. The average molecular weight is 213 g/mol. The van der Waals surface area contributed by atoms with Crippen LogP contribution in [0.15, 0.2) is 22.8 Å². The number of likely N-dealkylation sites (N-methyl/N-ethyl adjacent to an activating group) is 1. The van der Waals surface area contributed by atoms with Crippen LogP contribution >= 0.6 is 0 Å². The van der Waals surface area contributed by atoms with E-state index in [-0.39, 0.29) is 0 Å². The van der Waals surface area contributed by atoms with Crippen LogP contribution in [-0.4, -0.2) is 42.9 Å². The van der Waals surface area contributed by atoms with Gasteiger partial charge in [-0.1, -0.05) is 6.92 Å². The third-order valence-corrected chi connectivity index (χ3v) is 2.23. The molecule has 4 heteroatoms. The quantitative estimate of drug-likeness (QED) is 0.737. The number of hydrogen-bond donors (Lipinski definition) is 1. The Kier molecular flexibility index (Phi) is 5.39. The van der Waals surface area contributed by atoms with Crippen LogP contribution in [0.25, 0.3) is 0 Å². The molecule has 0 aliphatic carbocycles. The van der Waals surface area contributed by atoms with E-state index in [2.05, 4.69) is 11.8 Å². The van der Waals surface area contributed by atoms with Gasteiger partial charge >= 0.3 is 0 Å². The van der Waals surface area contributed by atoms with Gasteiger partial charge in [0.15, 0.2) is 0 Å². The standard InChI is InChI=1S/C11H19NO3/c1-3-12(7-10(13)9-14-2)8-11-5-4-6-15-11/h4-6,10,13H,3,7-9H2,1-2H3. The summed E-state index contributed by atoms with van der Waals surface area (Å²) in [4.78, 5) is 2.11. The molecule has 0 aliphatic rings. The van der Waals surface area contributed by atoms with Crippen molar-refractivity contribution in [2.75, 3.05) is 26.8 Å². The molecule has 0 spiro atoms. The van der Waals surface area contributed by atoms with Crippen LogP contribution in [0.2, 0.25) is 0 Å². The van der Waals surface area contributed by atoms with Gasteiger partial charge in [-0.25, -0.2) is 0 Å². The lowest BCUT2D eigenvalue weighted by atomic mass is 10.3. The zero-order valence-corrected chi connectivity index (χ0v) is 9.35. The number of hydrogen-bond acceptors (Lipinski definition) is 4. The number of aliphatic hydroxyl groups is 1. The Morgan fingerprint density at radius 2 is 2.40 bits per heavy atom. The van der Waals surface area contributed by atoms with Crippen molar-refractivity contribution >= 4 is 0 Å². The minimum atomic E-state index is -0.440. The first kappa shape index (κ1) is 12.2. The van der Waals surface area contributed by atoms with Crippen LogP contribution in [0, 0.1) is 0 Å². The van der Waals surface area contributed by atoms with E-state index in [1.165, 1.54) is 0 Å². The van der Waals surface area contributed by atoms with Gasteiger partial charge in [0.1, 0.15) is 5.76 Å². The molecule has 1 N–H and O–H groups in total. The number of methoxy groups -OCH3 is 1. The molecule has 0 amide bonds. The highest BCUT2D eigenvalue weighted by Gasteiger charge is 2.11. The van der Waals surface area contributed by atoms with E-state index in [0.717, 1.165) is 18.8 Å². The molecule has 0 saturated carbocycles. The summed E-state index contributed by atoms with van der Waals surface area (Å²) in [5.74, 6) is 0.918. The Balaban J connectivity index is 2.35. The molecule has 1 heterocycles. The monoisotopic (exact) mass is 213 g/mol. The van der Waals surface area contributed by atoms with Crippen LogP contribution in [0.1, 0.15) is 12.7 Å². The lowest BCUT2D eigenvalue weighted by Gasteiger charge is -2.22. The SMILES string of the molecule is CCN(Cc1ccco1)CC(O)COC. The average Bonchev–Trinajstić information content (AvgIpc) is 2.70. The molecule has 0 saturated heterocycles. The lowest BCUT2D eigenvalue weighted by molar-refractivity contribution is 0.0357. The molecule has 0 aromatic carbocycles. The maximum absolute atomic E-state index is 9.58. The minimum Gasteiger partial charge on any atom is -0.468 e. The summed E-state index contributed by atoms with van der Waals surface area (Å²) in [5, 5.41) is 9.58. The van der Waals surface area contributed by atoms with E-state index >= 15 is 0 Å². The van der Waals surface area contributed by atoms with Crippen LogP contribution in [0.3, 0.4) is 0 Å². The largest absolute Gasteiger partial charge is 0.468 e. The molecule has 0 aliphatic heterocycles. The summed E-state index contributed by atoms with van der Waals surface area (Å²) in [6, 6.07) is 3.81. The molecule has 15 heavy (non-hydrogen) atoms. The molecule has 1 unspecified atom stereocenters. The lowest BCUT2D eigenvalue weighted by Crippen LogP contribution is -2.34. The van der Waals surface area contributed by atoms with Gasteiger partial charge in [-0.05, 0) is 18.7 Å². The molecular formula is C11H19NO3. The first-order chi connectivity index (χ1) is 7.26. The molecule has 1 atom stereocenters. The topological polar surface area (TPSA) is 45.8 Å². The van der Waals surface area contributed by atoms with Crippen LogP contribution in [0.4, 0.5) is 0 Å². The predicted octanol–water partition coefficient (Wildman–Crippen LogP) is 1.11. The summed E-state index contributed by atoms with van der Waals surface area (Å²) in [6.45, 7) is 4.63. The Labute approximate surface area is 90.4 Å². The molecule has 1 rings (SSSR count).